The van der Waals surface area contributed by atoms with Gasteiger partial charge >= 0.3 is 29.8 Å². The molecule has 4 fully saturated rings. The molecule has 2 amide bonds. The van der Waals surface area contributed by atoms with E-state index in [9.17, 15) is 59.1 Å². The molecule has 0 bridgehead atoms. The molecule has 0 aromatic heterocycles. The number of rotatable bonds is 25. The number of carboxylic acids is 5. The highest BCUT2D eigenvalue weighted by Gasteiger charge is 2.65. The van der Waals surface area contributed by atoms with Crippen LogP contribution in [0.3, 0.4) is 0 Å². The van der Waals surface area contributed by atoms with Crippen molar-refractivity contribution in [1.82, 2.24) is 20.4 Å². The number of aliphatic carboxylic acids is 5. The smallest absolute Gasteiger partial charge is 0.320 e. The number of aliphatic hydroxyl groups excluding tert-OH is 2. The number of carboxylic acid groups (broad SMARTS) is 5. The summed E-state index contributed by atoms with van der Waals surface area (Å²) >= 11 is 0. The maximum Gasteiger partial charge on any atom is 0.320 e. The molecule has 7 unspecified atom stereocenters. The third-order valence-corrected chi connectivity index (χ3v) is 15.3. The number of nitrogens with zero attached hydrogens (tertiary/aromatic N) is 2. The first kappa shape index (κ1) is 49.8. The average molecular weight is 867 g/mol. The Morgan fingerprint density at radius 1 is 0.705 bits per heavy atom. The second-order valence-electron chi connectivity index (χ2n) is 19.0. The number of fused-ring (bicyclic) bond motifs is 5. The highest BCUT2D eigenvalue weighted by molar-refractivity contribution is 5.83. The Morgan fingerprint density at radius 3 is 1.98 bits per heavy atom. The number of carbonyl (C=O) groups is 7. The van der Waals surface area contributed by atoms with Crippen LogP contribution in [0.1, 0.15) is 117 Å². The largest absolute Gasteiger partial charge is 0.481 e. The first-order chi connectivity index (χ1) is 28.7. The van der Waals surface area contributed by atoms with Crippen LogP contribution in [-0.2, 0) is 33.6 Å². The first-order valence-electron chi connectivity index (χ1n) is 22.2. The second kappa shape index (κ2) is 22.0. The molecule has 0 heterocycles. The molecule has 0 aliphatic heterocycles. The number of carbonyl (C=O) groups excluding carboxylic acids is 2. The van der Waals surface area contributed by atoms with Gasteiger partial charge in [0.1, 0.15) is 6.04 Å². The Morgan fingerprint density at radius 2 is 1.36 bits per heavy atom. The zero-order chi connectivity index (χ0) is 45.2. The van der Waals surface area contributed by atoms with Crippen molar-refractivity contribution < 1.29 is 69.3 Å². The maximum absolute atomic E-state index is 13.0. The van der Waals surface area contributed by atoms with Crippen LogP contribution in [0, 0.1) is 46.3 Å². The van der Waals surface area contributed by atoms with Crippen LogP contribution in [0.25, 0.3) is 0 Å². The molecule has 0 aromatic carbocycles. The van der Waals surface area contributed by atoms with Gasteiger partial charge < -0.3 is 46.4 Å². The molecule has 0 radical (unpaired) electrons. The number of amides is 2. The van der Waals surface area contributed by atoms with E-state index in [1.807, 2.05) is 0 Å². The molecule has 18 nitrogen and oxygen atoms in total. The van der Waals surface area contributed by atoms with E-state index in [1.54, 1.807) is 0 Å². The molecule has 0 saturated heterocycles. The summed E-state index contributed by atoms with van der Waals surface area (Å²) in [4.78, 5) is 85.0. The summed E-state index contributed by atoms with van der Waals surface area (Å²) in [6, 6.07) is -1.29. The van der Waals surface area contributed by atoms with Gasteiger partial charge in [0.2, 0.25) is 11.8 Å². The van der Waals surface area contributed by atoms with Crippen molar-refractivity contribution in [3.05, 3.63) is 0 Å². The molecule has 12 atom stereocenters. The predicted octanol–water partition coefficient (Wildman–Crippen LogP) is 2.34. The molecule has 0 aromatic rings. The molecule has 9 N–H and O–H groups in total. The Kier molecular flexibility index (Phi) is 17.9. The van der Waals surface area contributed by atoms with Crippen molar-refractivity contribution in [2.75, 3.05) is 39.3 Å². The Hall–Kier alpha value is -3.87. The number of hydrogen-bond acceptors (Lipinski definition) is 11. The van der Waals surface area contributed by atoms with Crippen molar-refractivity contribution in [1.29, 1.82) is 0 Å². The Labute approximate surface area is 357 Å². The monoisotopic (exact) mass is 866 g/mol. The first-order valence-corrected chi connectivity index (χ1v) is 22.2. The highest BCUT2D eigenvalue weighted by Crippen LogP contribution is 2.68. The van der Waals surface area contributed by atoms with Crippen LogP contribution >= 0.6 is 0 Å². The molecule has 18 heteroatoms. The van der Waals surface area contributed by atoms with E-state index < -0.39 is 67.7 Å². The molecule has 4 aliphatic carbocycles. The SMILES string of the molecule is CC(CCC(=O)O)[C@H]1CCC2C3C(O)CC4CC(NC(=O)CCC(=O)NCCCCC[C@@H](C(=O)O)N(CCN(CC(=O)O)CC(=O)O)CC(=O)O)CC[C@]4(C)C3C[C@H](O)[C@@]21C. The van der Waals surface area contributed by atoms with E-state index in [1.165, 1.54) is 4.90 Å². The topological polar surface area (TPSA) is 292 Å². The van der Waals surface area contributed by atoms with Crippen LogP contribution in [0.5, 0.6) is 0 Å². The van der Waals surface area contributed by atoms with E-state index in [-0.39, 0.29) is 103 Å². The van der Waals surface area contributed by atoms with Crippen LogP contribution in [0.4, 0.5) is 0 Å². The van der Waals surface area contributed by atoms with E-state index in [4.69, 9.17) is 10.2 Å². The zero-order valence-corrected chi connectivity index (χ0v) is 36.0. The zero-order valence-electron chi connectivity index (χ0n) is 36.0. The van der Waals surface area contributed by atoms with Gasteiger partial charge in [0.05, 0.1) is 31.8 Å². The van der Waals surface area contributed by atoms with Gasteiger partial charge in [-0.25, -0.2) is 0 Å². The number of unbranched alkanes of at least 4 members (excludes halogenated alkanes) is 2. The predicted molar refractivity (Wildman–Crippen MR) is 219 cm³/mol. The van der Waals surface area contributed by atoms with Crippen LogP contribution < -0.4 is 10.6 Å². The fraction of sp³-hybridized carbons (Fsp3) is 0.837. The fourth-order valence-corrected chi connectivity index (χ4v) is 12.2. The van der Waals surface area contributed by atoms with Crippen molar-refractivity contribution >= 4 is 41.7 Å². The van der Waals surface area contributed by atoms with Gasteiger partial charge in [-0.2, -0.15) is 0 Å². The summed E-state index contributed by atoms with van der Waals surface area (Å²) < 4.78 is 0. The number of hydrogen-bond donors (Lipinski definition) is 9. The lowest BCUT2D eigenvalue weighted by Crippen LogP contribution is -2.63. The average Bonchev–Trinajstić information content (AvgIpc) is 3.52. The molecule has 4 rings (SSSR count). The fourth-order valence-electron chi connectivity index (χ4n) is 12.2. The summed E-state index contributed by atoms with van der Waals surface area (Å²) in [6.07, 6.45) is 6.53. The quantitative estimate of drug-likeness (QED) is 0.0595. The van der Waals surface area contributed by atoms with Crippen LogP contribution in [0.15, 0.2) is 0 Å². The minimum Gasteiger partial charge on any atom is -0.481 e. The van der Waals surface area contributed by atoms with E-state index in [0.29, 0.717) is 51.5 Å². The van der Waals surface area contributed by atoms with Gasteiger partial charge in [-0.05, 0) is 111 Å². The van der Waals surface area contributed by atoms with Gasteiger partial charge in [-0.3, -0.25) is 43.4 Å². The van der Waals surface area contributed by atoms with E-state index in [2.05, 4.69) is 31.4 Å². The van der Waals surface area contributed by atoms with Crippen molar-refractivity contribution in [3.63, 3.8) is 0 Å². The second-order valence-corrected chi connectivity index (χ2v) is 19.0. The molecule has 61 heavy (non-hydrogen) atoms. The minimum absolute atomic E-state index is 0.00611. The Bertz CT molecular complexity index is 1560. The highest BCUT2D eigenvalue weighted by atomic mass is 16.4. The van der Waals surface area contributed by atoms with Crippen molar-refractivity contribution in [3.8, 4) is 0 Å². The van der Waals surface area contributed by atoms with Crippen LogP contribution in [0.2, 0.25) is 0 Å². The summed E-state index contributed by atoms with van der Waals surface area (Å²) in [6.45, 7) is 4.67. The normalized spacial score (nSPS) is 31.6. The summed E-state index contributed by atoms with van der Waals surface area (Å²) in [7, 11) is 0. The summed E-state index contributed by atoms with van der Waals surface area (Å²) in [5.41, 5.74) is -0.467. The molecule has 346 valence electrons. The van der Waals surface area contributed by atoms with Gasteiger partial charge in [0.25, 0.3) is 0 Å². The Balaban J connectivity index is 1.18. The molecule has 0 spiro atoms. The number of nitrogens with one attached hydrogen (secondary N) is 2. The third-order valence-electron chi connectivity index (χ3n) is 15.3. The third kappa shape index (κ3) is 12.9. The van der Waals surface area contributed by atoms with Crippen molar-refractivity contribution in [2.24, 2.45) is 46.3 Å². The van der Waals surface area contributed by atoms with Crippen LogP contribution in [-0.4, -0.2) is 151 Å². The van der Waals surface area contributed by atoms with E-state index in [0.717, 1.165) is 30.6 Å². The molecular formula is C43H70N4O14. The molecular weight excluding hydrogens is 796 g/mol. The lowest BCUT2D eigenvalue weighted by Gasteiger charge is -2.63. The van der Waals surface area contributed by atoms with Gasteiger partial charge in [0.15, 0.2) is 0 Å². The van der Waals surface area contributed by atoms with Gasteiger partial charge in [0, 0.05) is 44.9 Å². The summed E-state index contributed by atoms with van der Waals surface area (Å²) in [5, 5.41) is 76.1. The molecule has 4 saturated carbocycles. The minimum atomic E-state index is -1.29. The summed E-state index contributed by atoms with van der Waals surface area (Å²) in [5.74, 6) is -5.53. The van der Waals surface area contributed by atoms with Gasteiger partial charge in [-0.15, -0.1) is 0 Å². The maximum atomic E-state index is 13.0. The standard InChI is InChI=1S/C43H70N4O14/c1-25(8-13-36(52)53)28-9-10-29-40-30(21-33(49)43(28,29)3)42(2)15-14-27(19-26(42)20-32(40)48)45-35(51)12-11-34(50)44-16-6-4-5-7-31(41(60)61)47(24-39(58)59)18-17-46(22-37(54)55)23-38(56)57/h25-33,40,48-49H,4-24H2,1-3H3,(H,44,50)(H,45,51)(H,52,53)(H,54,55)(H,56,57)(H,58,59)(H,60,61)/t25?,26?,27?,28-,29?,30?,31+,32?,33+,40?,42+,43-/m1/s1. The lowest BCUT2D eigenvalue weighted by atomic mass is 9.43. The number of aliphatic hydroxyl groups is 2. The molecule has 4 aliphatic rings. The van der Waals surface area contributed by atoms with Gasteiger partial charge in [-0.1, -0.05) is 33.6 Å². The lowest BCUT2D eigenvalue weighted by molar-refractivity contribution is -0.202. The van der Waals surface area contributed by atoms with E-state index >= 15 is 0 Å². The van der Waals surface area contributed by atoms with Crippen molar-refractivity contribution in [2.45, 2.75) is 141 Å².